The number of carboxylic acids is 1. The number of aliphatic carboxylic acids is 1. The summed E-state index contributed by atoms with van der Waals surface area (Å²) in [7, 11) is 1.47. The molecule has 2 N–H and O–H groups in total. The molecular formula is C15H18N4O3. The lowest BCUT2D eigenvalue weighted by Gasteiger charge is -2.21. The second-order valence-corrected chi connectivity index (χ2v) is 4.97. The zero-order valence-corrected chi connectivity index (χ0v) is 12.7. The van der Waals surface area contributed by atoms with Crippen molar-refractivity contribution in [2.75, 3.05) is 7.05 Å². The number of carboxylic acid groups (broad SMARTS) is 1. The molecule has 0 aliphatic heterocycles. The minimum Gasteiger partial charge on any atom is -0.480 e. The average molecular weight is 302 g/mol. The summed E-state index contributed by atoms with van der Waals surface area (Å²) in [6, 6.07) is 5.90. The Balaban J connectivity index is 2.18. The molecule has 7 heteroatoms. The largest absolute Gasteiger partial charge is 0.480 e. The fourth-order valence-corrected chi connectivity index (χ4v) is 1.89. The Kier molecular flexibility index (Phi) is 4.55. The van der Waals surface area contributed by atoms with Gasteiger partial charge in [0.15, 0.2) is 5.82 Å². The molecule has 0 bridgehead atoms. The monoisotopic (exact) mass is 302 g/mol. The molecule has 7 nitrogen and oxygen atoms in total. The highest BCUT2D eigenvalue weighted by atomic mass is 16.4. The molecule has 0 aliphatic carbocycles. The number of nitrogens with zero attached hydrogens (tertiary/aromatic N) is 3. The normalized spacial score (nSPS) is 12.0. The quantitative estimate of drug-likeness (QED) is 0.873. The first-order valence-electron chi connectivity index (χ1n) is 6.95. The number of hydrogen-bond acceptors (Lipinski definition) is 4. The summed E-state index contributed by atoms with van der Waals surface area (Å²) in [5, 5.41) is 15.9. The van der Waals surface area contributed by atoms with Crippen molar-refractivity contribution >= 4 is 11.9 Å². The van der Waals surface area contributed by atoms with Gasteiger partial charge >= 0.3 is 5.97 Å². The minimum atomic E-state index is -1.04. The van der Waals surface area contributed by atoms with Crippen LogP contribution in [-0.4, -0.2) is 50.2 Å². The van der Waals surface area contributed by atoms with E-state index in [0.29, 0.717) is 11.4 Å². The summed E-state index contributed by atoms with van der Waals surface area (Å²) in [4.78, 5) is 28.7. The molecule has 1 heterocycles. The third-order valence-corrected chi connectivity index (χ3v) is 3.52. The molecule has 2 rings (SSSR count). The van der Waals surface area contributed by atoms with Crippen molar-refractivity contribution < 1.29 is 14.7 Å². The van der Waals surface area contributed by atoms with Gasteiger partial charge in [-0.05, 0) is 19.1 Å². The van der Waals surface area contributed by atoms with Gasteiger partial charge in [-0.2, -0.15) is 5.10 Å². The molecule has 1 aromatic carbocycles. The van der Waals surface area contributed by atoms with Crippen molar-refractivity contribution in [1.29, 1.82) is 0 Å². The summed E-state index contributed by atoms with van der Waals surface area (Å²) in [5.41, 5.74) is 1.21. The van der Waals surface area contributed by atoms with Crippen molar-refractivity contribution in [3.8, 4) is 11.4 Å². The molecule has 0 radical (unpaired) electrons. The third kappa shape index (κ3) is 3.13. The first-order chi connectivity index (χ1) is 10.4. The maximum Gasteiger partial charge on any atom is 0.326 e. The summed E-state index contributed by atoms with van der Waals surface area (Å²) in [6.45, 7) is 3.44. The minimum absolute atomic E-state index is 0.342. The van der Waals surface area contributed by atoms with Crippen LogP contribution >= 0.6 is 0 Å². The van der Waals surface area contributed by atoms with Crippen LogP contribution in [0, 0.1) is 0 Å². The van der Waals surface area contributed by atoms with Gasteiger partial charge in [0.25, 0.3) is 5.91 Å². The molecule has 1 atom stereocenters. The van der Waals surface area contributed by atoms with Crippen molar-refractivity contribution in [2.24, 2.45) is 0 Å². The summed E-state index contributed by atoms with van der Waals surface area (Å²) < 4.78 is 0. The second kappa shape index (κ2) is 6.38. The van der Waals surface area contributed by atoms with Gasteiger partial charge in [0.2, 0.25) is 0 Å². The van der Waals surface area contributed by atoms with Crippen LogP contribution in [0.15, 0.2) is 24.3 Å². The van der Waals surface area contributed by atoms with Gasteiger partial charge in [-0.25, -0.2) is 9.78 Å². The van der Waals surface area contributed by atoms with Crippen LogP contribution < -0.4 is 0 Å². The van der Waals surface area contributed by atoms with Crippen molar-refractivity contribution in [3.63, 3.8) is 0 Å². The number of hydrogen-bond donors (Lipinski definition) is 2. The Morgan fingerprint density at radius 2 is 1.95 bits per heavy atom. The van der Waals surface area contributed by atoms with Crippen LogP contribution in [0.3, 0.4) is 0 Å². The summed E-state index contributed by atoms with van der Waals surface area (Å²) >= 11 is 0. The van der Waals surface area contributed by atoms with Gasteiger partial charge in [-0.3, -0.25) is 9.89 Å². The number of H-pyrrole nitrogens is 1. The highest BCUT2D eigenvalue weighted by molar-refractivity contribution is 5.96. The van der Waals surface area contributed by atoms with E-state index < -0.39 is 12.0 Å². The van der Waals surface area contributed by atoms with E-state index in [4.69, 9.17) is 5.11 Å². The molecule has 0 spiro atoms. The summed E-state index contributed by atoms with van der Waals surface area (Å²) in [6.07, 6.45) is 0.765. The van der Waals surface area contributed by atoms with Crippen LogP contribution in [0.5, 0.6) is 0 Å². The lowest BCUT2D eigenvalue weighted by atomic mass is 10.1. The van der Waals surface area contributed by atoms with E-state index in [1.807, 2.05) is 6.92 Å². The van der Waals surface area contributed by atoms with Gasteiger partial charge < -0.3 is 10.0 Å². The van der Waals surface area contributed by atoms with Gasteiger partial charge in [-0.15, -0.1) is 0 Å². The Labute approximate surface area is 128 Å². The number of carbonyl (C=O) groups is 2. The maximum atomic E-state index is 12.2. The summed E-state index contributed by atoms with van der Waals surface area (Å²) in [5.74, 6) is -0.0146. The van der Waals surface area contributed by atoms with Crippen molar-refractivity contribution in [2.45, 2.75) is 26.3 Å². The molecule has 116 valence electrons. The van der Waals surface area contributed by atoms with Crippen molar-refractivity contribution in [3.05, 3.63) is 35.7 Å². The number of carbonyl (C=O) groups excluding carboxylic acids is 1. The van der Waals surface area contributed by atoms with Gasteiger partial charge in [-0.1, -0.05) is 19.1 Å². The third-order valence-electron chi connectivity index (χ3n) is 3.52. The second-order valence-electron chi connectivity index (χ2n) is 4.97. The zero-order chi connectivity index (χ0) is 16.3. The van der Waals surface area contributed by atoms with E-state index >= 15 is 0 Å². The zero-order valence-electron chi connectivity index (χ0n) is 12.7. The number of aryl methyl sites for hydroxylation is 1. The van der Waals surface area contributed by atoms with Gasteiger partial charge in [0, 0.05) is 24.6 Å². The molecule has 1 unspecified atom stereocenters. The van der Waals surface area contributed by atoms with E-state index in [-0.39, 0.29) is 5.91 Å². The number of nitrogens with one attached hydrogen (secondary N) is 1. The number of aromatic nitrogens is 3. The standard InChI is InChI=1S/C15H18N4O3/c1-4-12-16-13(18-17-12)10-5-7-11(8-6-10)14(20)19(3)9(2)15(21)22/h5-9H,4H2,1-3H3,(H,21,22)(H,16,17,18). The van der Waals surface area contributed by atoms with Crippen molar-refractivity contribution in [1.82, 2.24) is 20.1 Å². The Morgan fingerprint density at radius 1 is 1.32 bits per heavy atom. The van der Waals surface area contributed by atoms with E-state index in [9.17, 15) is 9.59 Å². The highest BCUT2D eigenvalue weighted by Crippen LogP contribution is 2.17. The van der Waals surface area contributed by atoms with E-state index in [1.54, 1.807) is 24.3 Å². The first-order valence-corrected chi connectivity index (χ1v) is 6.95. The Bertz CT molecular complexity index is 678. The maximum absolute atomic E-state index is 12.2. The van der Waals surface area contributed by atoms with Crippen LogP contribution in [0.2, 0.25) is 0 Å². The van der Waals surface area contributed by atoms with E-state index in [1.165, 1.54) is 18.9 Å². The molecule has 0 fully saturated rings. The molecular weight excluding hydrogens is 284 g/mol. The molecule has 22 heavy (non-hydrogen) atoms. The van der Waals surface area contributed by atoms with Crippen LogP contribution in [0.25, 0.3) is 11.4 Å². The topological polar surface area (TPSA) is 99.2 Å². The first kappa shape index (κ1) is 15.7. The fraction of sp³-hybridized carbons (Fsp3) is 0.333. The van der Waals surface area contributed by atoms with E-state index in [0.717, 1.165) is 17.8 Å². The lowest BCUT2D eigenvalue weighted by molar-refractivity contribution is -0.141. The number of likely N-dealkylation sites (N-methyl/N-ethyl adjacent to an activating group) is 1. The number of rotatable bonds is 5. The fourth-order valence-electron chi connectivity index (χ4n) is 1.89. The van der Waals surface area contributed by atoms with Gasteiger partial charge in [0.05, 0.1) is 0 Å². The smallest absolute Gasteiger partial charge is 0.326 e. The molecule has 1 aromatic heterocycles. The van der Waals surface area contributed by atoms with E-state index in [2.05, 4.69) is 15.2 Å². The number of amides is 1. The van der Waals surface area contributed by atoms with Crippen LogP contribution in [0.1, 0.15) is 30.0 Å². The Morgan fingerprint density at radius 3 is 2.45 bits per heavy atom. The van der Waals surface area contributed by atoms with Gasteiger partial charge in [0.1, 0.15) is 11.9 Å². The predicted octanol–water partition coefficient (Wildman–Crippen LogP) is 1.58. The lowest BCUT2D eigenvalue weighted by Crippen LogP contribution is -2.40. The predicted molar refractivity (Wildman–Crippen MR) is 80.4 cm³/mol. The van der Waals surface area contributed by atoms with Crippen LogP contribution in [0.4, 0.5) is 0 Å². The molecule has 0 saturated heterocycles. The SMILES string of the molecule is CCc1nc(-c2ccc(C(=O)N(C)C(C)C(=O)O)cc2)n[nH]1. The molecule has 2 aromatic rings. The average Bonchev–Trinajstić information content (AvgIpc) is 3.01. The molecule has 0 saturated carbocycles. The Hall–Kier alpha value is -2.70. The highest BCUT2D eigenvalue weighted by Gasteiger charge is 2.22. The molecule has 1 amide bonds. The number of benzene rings is 1. The molecule has 0 aliphatic rings. The number of aromatic amines is 1. The van der Waals surface area contributed by atoms with Crippen LogP contribution in [-0.2, 0) is 11.2 Å².